The van der Waals surface area contributed by atoms with Crippen LogP contribution in [-0.4, -0.2) is 21.4 Å². The Balaban J connectivity index is 1.67. The molecule has 3 N–H and O–H groups in total. The van der Waals surface area contributed by atoms with Gasteiger partial charge in [0.15, 0.2) is 0 Å². The normalized spacial score (nSPS) is 17.0. The Hall–Kier alpha value is -2.63. The molecule has 1 unspecified atom stereocenters. The standard InChI is InChI=1S/C15H16N4O2/c16-13-4-2-1-3-12(13)15(21)18-14(20)10-5-6-19-9-17-8-11(19)7-10/h1-4,8-10H,5-7,16H2,(H,18,20,21). The van der Waals surface area contributed by atoms with Gasteiger partial charge in [-0.25, -0.2) is 4.98 Å². The highest BCUT2D eigenvalue weighted by molar-refractivity contribution is 6.08. The maximum Gasteiger partial charge on any atom is 0.259 e. The van der Waals surface area contributed by atoms with Gasteiger partial charge in [0.1, 0.15) is 0 Å². The fourth-order valence-electron chi connectivity index (χ4n) is 2.58. The number of fused-ring (bicyclic) bond motifs is 1. The van der Waals surface area contributed by atoms with Crippen LogP contribution < -0.4 is 11.1 Å². The number of aromatic nitrogens is 2. The second-order valence-electron chi connectivity index (χ2n) is 5.17. The number of amides is 2. The molecule has 0 saturated heterocycles. The molecule has 0 radical (unpaired) electrons. The first-order valence-corrected chi connectivity index (χ1v) is 6.84. The maximum atomic E-state index is 12.2. The first-order valence-electron chi connectivity index (χ1n) is 6.84. The minimum atomic E-state index is -0.447. The molecule has 0 aliphatic carbocycles. The van der Waals surface area contributed by atoms with Crippen LogP contribution in [0.25, 0.3) is 0 Å². The number of imide groups is 1. The molecule has 0 bridgehead atoms. The minimum Gasteiger partial charge on any atom is -0.398 e. The molecule has 1 aliphatic heterocycles. The zero-order valence-electron chi connectivity index (χ0n) is 11.5. The number of carbonyl (C=O) groups is 2. The zero-order chi connectivity index (χ0) is 14.8. The number of nitrogens with zero attached hydrogens (tertiary/aromatic N) is 2. The zero-order valence-corrected chi connectivity index (χ0v) is 11.5. The first-order chi connectivity index (χ1) is 10.1. The van der Waals surface area contributed by atoms with Gasteiger partial charge < -0.3 is 10.3 Å². The van der Waals surface area contributed by atoms with Crippen molar-refractivity contribution >= 4 is 17.5 Å². The quantitative estimate of drug-likeness (QED) is 0.635. The number of hydrogen-bond donors (Lipinski definition) is 2. The maximum absolute atomic E-state index is 12.2. The van der Waals surface area contributed by atoms with Crippen LogP contribution in [-0.2, 0) is 17.8 Å². The van der Waals surface area contributed by atoms with Crippen molar-refractivity contribution in [1.29, 1.82) is 0 Å². The van der Waals surface area contributed by atoms with Gasteiger partial charge in [-0.05, 0) is 18.6 Å². The van der Waals surface area contributed by atoms with E-state index in [4.69, 9.17) is 5.73 Å². The Labute approximate surface area is 122 Å². The summed E-state index contributed by atoms with van der Waals surface area (Å²) in [5, 5.41) is 2.44. The van der Waals surface area contributed by atoms with E-state index in [1.165, 1.54) is 0 Å². The minimum absolute atomic E-state index is 0.205. The summed E-state index contributed by atoms with van der Waals surface area (Å²) in [6, 6.07) is 6.71. The van der Waals surface area contributed by atoms with E-state index in [9.17, 15) is 9.59 Å². The van der Waals surface area contributed by atoms with Crippen LogP contribution in [0.1, 0.15) is 22.5 Å². The molecule has 21 heavy (non-hydrogen) atoms. The lowest BCUT2D eigenvalue weighted by Gasteiger charge is -2.22. The van der Waals surface area contributed by atoms with Gasteiger partial charge in [0.25, 0.3) is 5.91 Å². The molecule has 0 saturated carbocycles. The lowest BCUT2D eigenvalue weighted by Crippen LogP contribution is -2.38. The third-order valence-electron chi connectivity index (χ3n) is 3.79. The summed E-state index contributed by atoms with van der Waals surface area (Å²) in [4.78, 5) is 28.4. The average molecular weight is 284 g/mol. The van der Waals surface area contributed by atoms with Crippen LogP contribution in [0.15, 0.2) is 36.8 Å². The second kappa shape index (κ2) is 5.40. The van der Waals surface area contributed by atoms with Gasteiger partial charge in [-0.1, -0.05) is 12.1 Å². The summed E-state index contributed by atoms with van der Waals surface area (Å²) >= 11 is 0. The number of anilines is 1. The number of imidazole rings is 1. The number of hydrogen-bond acceptors (Lipinski definition) is 4. The molecule has 2 aromatic rings. The SMILES string of the molecule is Nc1ccccc1C(=O)NC(=O)C1CCn2cncc2C1. The largest absolute Gasteiger partial charge is 0.398 e. The Morgan fingerprint density at radius 1 is 1.33 bits per heavy atom. The van der Waals surface area contributed by atoms with Crippen LogP contribution in [0, 0.1) is 5.92 Å². The van der Waals surface area contributed by atoms with Crippen LogP contribution in [0.5, 0.6) is 0 Å². The van der Waals surface area contributed by atoms with E-state index < -0.39 is 5.91 Å². The number of carbonyl (C=O) groups excluding carboxylic acids is 2. The van der Waals surface area contributed by atoms with Crippen molar-refractivity contribution in [1.82, 2.24) is 14.9 Å². The molecule has 2 amide bonds. The Kier molecular flexibility index (Phi) is 3.43. The molecule has 1 aromatic heterocycles. The summed E-state index contributed by atoms with van der Waals surface area (Å²) in [7, 11) is 0. The van der Waals surface area contributed by atoms with Gasteiger partial charge in [0.05, 0.1) is 11.9 Å². The molecular weight excluding hydrogens is 268 g/mol. The Morgan fingerprint density at radius 2 is 2.14 bits per heavy atom. The van der Waals surface area contributed by atoms with E-state index in [-0.39, 0.29) is 11.8 Å². The van der Waals surface area contributed by atoms with Gasteiger partial charge in [-0.15, -0.1) is 0 Å². The Bertz CT molecular complexity index is 692. The van der Waals surface area contributed by atoms with Crippen molar-refractivity contribution in [2.75, 3.05) is 5.73 Å². The van der Waals surface area contributed by atoms with Crippen molar-refractivity contribution in [3.05, 3.63) is 48.0 Å². The number of nitrogen functional groups attached to an aromatic ring is 1. The third kappa shape index (κ3) is 2.65. The average Bonchev–Trinajstić information content (AvgIpc) is 2.94. The van der Waals surface area contributed by atoms with Crippen LogP contribution >= 0.6 is 0 Å². The molecule has 2 heterocycles. The van der Waals surface area contributed by atoms with Crippen molar-refractivity contribution in [3.8, 4) is 0 Å². The lowest BCUT2D eigenvalue weighted by molar-refractivity contribution is -0.124. The van der Waals surface area contributed by atoms with Gasteiger partial charge in [0, 0.05) is 36.5 Å². The van der Waals surface area contributed by atoms with Crippen LogP contribution in [0.4, 0.5) is 5.69 Å². The smallest absolute Gasteiger partial charge is 0.259 e. The van der Waals surface area contributed by atoms with E-state index >= 15 is 0 Å². The summed E-state index contributed by atoms with van der Waals surface area (Å²) in [6.07, 6.45) is 4.83. The van der Waals surface area contributed by atoms with E-state index in [1.54, 1.807) is 36.8 Å². The third-order valence-corrected chi connectivity index (χ3v) is 3.79. The van der Waals surface area contributed by atoms with Gasteiger partial charge in [-0.2, -0.15) is 0 Å². The van der Waals surface area contributed by atoms with Crippen molar-refractivity contribution in [2.45, 2.75) is 19.4 Å². The van der Waals surface area contributed by atoms with Crippen molar-refractivity contribution in [2.24, 2.45) is 5.92 Å². The number of rotatable bonds is 2. The van der Waals surface area contributed by atoms with Gasteiger partial charge in [0.2, 0.25) is 5.91 Å². The fourth-order valence-corrected chi connectivity index (χ4v) is 2.58. The summed E-state index contributed by atoms with van der Waals surface area (Å²) in [5.41, 5.74) is 7.45. The summed E-state index contributed by atoms with van der Waals surface area (Å²) in [5.74, 6) is -0.907. The van der Waals surface area contributed by atoms with Crippen LogP contribution in [0.2, 0.25) is 0 Å². The van der Waals surface area contributed by atoms with Crippen molar-refractivity contribution < 1.29 is 9.59 Å². The molecule has 0 spiro atoms. The second-order valence-corrected chi connectivity index (χ2v) is 5.17. The highest BCUT2D eigenvalue weighted by Gasteiger charge is 2.26. The van der Waals surface area contributed by atoms with Crippen molar-refractivity contribution in [3.63, 3.8) is 0 Å². The highest BCUT2D eigenvalue weighted by Crippen LogP contribution is 2.20. The molecule has 6 nitrogen and oxygen atoms in total. The Morgan fingerprint density at radius 3 is 2.95 bits per heavy atom. The van der Waals surface area contributed by atoms with Gasteiger partial charge in [-0.3, -0.25) is 14.9 Å². The molecule has 1 aliphatic rings. The lowest BCUT2D eigenvalue weighted by atomic mass is 9.95. The van der Waals surface area contributed by atoms with Gasteiger partial charge >= 0.3 is 0 Å². The molecule has 3 rings (SSSR count). The molecule has 1 atom stereocenters. The number of benzene rings is 1. The number of para-hydroxylation sites is 1. The highest BCUT2D eigenvalue weighted by atomic mass is 16.2. The summed E-state index contributed by atoms with van der Waals surface area (Å²) < 4.78 is 2.03. The number of aryl methyl sites for hydroxylation is 1. The first kappa shape index (κ1) is 13.4. The summed E-state index contributed by atoms with van der Waals surface area (Å²) in [6.45, 7) is 0.745. The predicted molar refractivity (Wildman–Crippen MR) is 77.4 cm³/mol. The monoisotopic (exact) mass is 284 g/mol. The molecule has 108 valence electrons. The van der Waals surface area contributed by atoms with E-state index in [2.05, 4.69) is 10.3 Å². The van der Waals surface area contributed by atoms with E-state index in [1.807, 2.05) is 4.57 Å². The van der Waals surface area contributed by atoms with E-state index in [0.717, 1.165) is 12.2 Å². The number of nitrogens with two attached hydrogens (primary N) is 1. The van der Waals surface area contributed by atoms with E-state index in [0.29, 0.717) is 24.1 Å². The number of nitrogens with one attached hydrogen (secondary N) is 1. The molecule has 1 aromatic carbocycles. The molecular formula is C15H16N4O2. The molecule has 6 heteroatoms. The van der Waals surface area contributed by atoms with Crippen LogP contribution in [0.3, 0.4) is 0 Å². The topological polar surface area (TPSA) is 90.0 Å². The molecule has 0 fully saturated rings. The predicted octanol–water partition coefficient (Wildman–Crippen LogP) is 0.984. The fraction of sp³-hybridized carbons (Fsp3) is 0.267.